The molecule has 1 atom stereocenters. The first-order valence-electron chi connectivity index (χ1n) is 25.0. The van der Waals surface area contributed by atoms with Crippen molar-refractivity contribution in [3.8, 4) is 33.4 Å². The second-order valence-corrected chi connectivity index (χ2v) is 19.7. The molecule has 0 radical (unpaired) electrons. The zero-order valence-corrected chi connectivity index (χ0v) is 38.7. The van der Waals surface area contributed by atoms with Gasteiger partial charge in [0.25, 0.3) is 0 Å². The van der Waals surface area contributed by atoms with E-state index in [4.69, 9.17) is 14.4 Å². The highest BCUT2D eigenvalue weighted by Crippen LogP contribution is 2.63. The summed E-state index contributed by atoms with van der Waals surface area (Å²) in [7, 11) is 0. The highest BCUT2D eigenvalue weighted by atomic mass is 16.3. The molecule has 0 fully saturated rings. The van der Waals surface area contributed by atoms with Gasteiger partial charge in [0.05, 0.1) is 22.1 Å². The number of benzene rings is 9. The van der Waals surface area contributed by atoms with Crippen molar-refractivity contribution in [1.29, 1.82) is 0 Å². The predicted octanol–water partition coefficient (Wildman–Crippen LogP) is 16.7. The van der Waals surface area contributed by atoms with E-state index in [1.165, 1.54) is 83.2 Å². The summed E-state index contributed by atoms with van der Waals surface area (Å²) >= 11 is 0. The third kappa shape index (κ3) is 5.65. The number of para-hydroxylation sites is 4. The molecule has 70 heavy (non-hydrogen) atoms. The maximum atomic E-state index is 6.65. The summed E-state index contributed by atoms with van der Waals surface area (Å²) in [5.41, 5.74) is 23.1. The van der Waals surface area contributed by atoms with E-state index in [-0.39, 0.29) is 11.3 Å². The van der Waals surface area contributed by atoms with Crippen molar-refractivity contribution in [2.75, 3.05) is 0 Å². The average molecular weight is 898 g/mol. The standard InChI is InChI=1S/C66H47N3O/c1-13-32-60(53-28-17-27-52-51-26-9-16-35-63(51)70-64(52)53)68-65(69-61-33-14-7-24-49(61)50-25-8-15-34-62(50)69)67-43(18-1)38-41-36-37-42-39-55-48-23-6-12-31-58(48)66(59(55)40-54(42)45-20-3-2-19-44(41)45)56-29-10-4-21-46(56)47-22-5-11-30-57(47)66/h2-12,14-17,19-35,39-41H,1,13,18,36-38H2. The van der Waals surface area contributed by atoms with E-state index in [1.54, 1.807) is 0 Å². The van der Waals surface area contributed by atoms with Crippen molar-refractivity contribution in [1.82, 2.24) is 4.57 Å². The van der Waals surface area contributed by atoms with E-state index >= 15 is 0 Å². The minimum absolute atomic E-state index is 0.267. The molecule has 4 heteroatoms. The van der Waals surface area contributed by atoms with E-state index in [9.17, 15) is 0 Å². The Morgan fingerprint density at radius 2 is 1.07 bits per heavy atom. The summed E-state index contributed by atoms with van der Waals surface area (Å²) in [6, 6.07) is 74.1. The first-order chi connectivity index (χ1) is 34.7. The Morgan fingerprint density at radius 3 is 1.80 bits per heavy atom. The van der Waals surface area contributed by atoms with Crippen molar-refractivity contribution < 1.29 is 4.42 Å². The van der Waals surface area contributed by atoms with Crippen LogP contribution in [0.25, 0.3) is 82.8 Å². The largest absolute Gasteiger partial charge is 0.455 e. The normalized spacial score (nSPS) is 16.6. The molecule has 0 amide bonds. The highest BCUT2D eigenvalue weighted by molar-refractivity contribution is 6.16. The minimum Gasteiger partial charge on any atom is -0.455 e. The van der Waals surface area contributed by atoms with Crippen molar-refractivity contribution >= 4 is 61.1 Å². The van der Waals surface area contributed by atoms with Crippen LogP contribution in [0, 0.1) is 0 Å². The molecule has 4 nitrogen and oxygen atoms in total. The van der Waals surface area contributed by atoms with Gasteiger partial charge in [0.1, 0.15) is 11.2 Å². The number of hydrogen-bond donors (Lipinski definition) is 0. The molecule has 2 aromatic heterocycles. The molecule has 15 rings (SSSR count). The Bertz CT molecular complexity index is 4000. The monoisotopic (exact) mass is 897 g/mol. The molecular formula is C66H47N3O. The van der Waals surface area contributed by atoms with Crippen LogP contribution in [0.3, 0.4) is 0 Å². The van der Waals surface area contributed by atoms with Gasteiger partial charge in [-0.25, -0.2) is 9.98 Å². The highest BCUT2D eigenvalue weighted by Gasteiger charge is 2.52. The Morgan fingerprint density at radius 1 is 0.486 bits per heavy atom. The molecule has 0 saturated heterocycles. The smallest absolute Gasteiger partial charge is 0.235 e. The predicted molar refractivity (Wildman–Crippen MR) is 289 cm³/mol. The minimum atomic E-state index is -0.383. The average Bonchev–Trinajstić information content (AvgIpc) is 4.12. The number of allylic oxidation sites excluding steroid dienone is 1. The number of rotatable bonds is 3. The molecule has 1 spiro atoms. The number of nitrogens with zero attached hydrogens (tertiary/aromatic N) is 3. The molecule has 332 valence electrons. The van der Waals surface area contributed by atoms with Crippen LogP contribution in [0.15, 0.2) is 221 Å². The maximum Gasteiger partial charge on any atom is 0.235 e. The Hall–Kier alpha value is -8.34. The summed E-state index contributed by atoms with van der Waals surface area (Å²) in [5.74, 6) is 0.958. The Balaban J connectivity index is 0.885. The molecule has 1 aliphatic heterocycles. The van der Waals surface area contributed by atoms with Gasteiger partial charge in [-0.3, -0.25) is 4.57 Å². The number of aromatic nitrogens is 1. The van der Waals surface area contributed by atoms with Gasteiger partial charge in [-0.15, -0.1) is 0 Å². The zero-order valence-electron chi connectivity index (χ0n) is 38.7. The lowest BCUT2D eigenvalue weighted by Gasteiger charge is -2.31. The molecule has 0 bridgehead atoms. The van der Waals surface area contributed by atoms with Crippen molar-refractivity contribution in [2.24, 2.45) is 9.98 Å². The first-order valence-corrected chi connectivity index (χ1v) is 25.0. The van der Waals surface area contributed by atoms with Crippen LogP contribution >= 0.6 is 0 Å². The SMILES string of the molecule is C1=C(c2cccc3c2oc2ccccc23)N=C(n2c3ccccc3c3ccccc32)N=C(CC2CCc3cc4c(cc3-c3ccccc32)C2(c3ccccc3-c3ccccc32)c2ccccc2-4)CCC1. The van der Waals surface area contributed by atoms with E-state index < -0.39 is 0 Å². The van der Waals surface area contributed by atoms with Gasteiger partial charge < -0.3 is 4.42 Å². The number of furan rings is 1. The maximum absolute atomic E-state index is 6.65. The molecule has 9 aromatic carbocycles. The molecule has 0 N–H and O–H groups in total. The number of aliphatic imine (C=N–C) groups is 2. The van der Waals surface area contributed by atoms with E-state index in [1.807, 2.05) is 6.07 Å². The van der Waals surface area contributed by atoms with Gasteiger partial charge >= 0.3 is 0 Å². The molecule has 3 aliphatic carbocycles. The van der Waals surface area contributed by atoms with Crippen LogP contribution in [0.1, 0.15) is 77.0 Å². The molecule has 3 heterocycles. The summed E-state index contributed by atoms with van der Waals surface area (Å²) in [6.45, 7) is 0. The van der Waals surface area contributed by atoms with Crippen LogP contribution in [0.5, 0.6) is 0 Å². The molecule has 11 aromatic rings. The van der Waals surface area contributed by atoms with Crippen LogP contribution < -0.4 is 0 Å². The van der Waals surface area contributed by atoms with Crippen LogP contribution in [-0.4, -0.2) is 16.2 Å². The van der Waals surface area contributed by atoms with Crippen LogP contribution in [-0.2, 0) is 11.8 Å². The molecule has 0 saturated carbocycles. The quantitative estimate of drug-likeness (QED) is 0.174. The lowest BCUT2D eigenvalue weighted by atomic mass is 9.70. The fourth-order valence-electron chi connectivity index (χ4n) is 13.1. The zero-order chi connectivity index (χ0) is 45.9. The fourth-order valence-corrected chi connectivity index (χ4v) is 13.1. The van der Waals surface area contributed by atoms with Gasteiger partial charge in [0.2, 0.25) is 5.96 Å². The molecular weight excluding hydrogens is 851 g/mol. The van der Waals surface area contributed by atoms with E-state index in [0.29, 0.717) is 5.96 Å². The van der Waals surface area contributed by atoms with Gasteiger partial charge in [-0.1, -0.05) is 176 Å². The number of aryl methyl sites for hydroxylation is 1. The summed E-state index contributed by atoms with van der Waals surface area (Å²) in [5, 5.41) is 4.60. The van der Waals surface area contributed by atoms with Crippen molar-refractivity contribution in [3.63, 3.8) is 0 Å². The van der Waals surface area contributed by atoms with Crippen molar-refractivity contribution in [3.05, 3.63) is 245 Å². The van der Waals surface area contributed by atoms with Gasteiger partial charge in [-0.05, 0) is 142 Å². The lowest BCUT2D eigenvalue weighted by Crippen LogP contribution is -2.26. The lowest BCUT2D eigenvalue weighted by molar-refractivity contribution is 0.647. The Kier molecular flexibility index (Phi) is 8.68. The van der Waals surface area contributed by atoms with Crippen LogP contribution in [0.4, 0.5) is 0 Å². The Labute approximate surface area is 406 Å². The summed E-state index contributed by atoms with van der Waals surface area (Å²) in [6.07, 6.45) is 7.91. The fraction of sp³-hybridized carbons (Fsp3) is 0.121. The second-order valence-electron chi connectivity index (χ2n) is 19.7. The topological polar surface area (TPSA) is 42.8 Å². The third-order valence-corrected chi connectivity index (χ3v) is 16.1. The van der Waals surface area contributed by atoms with Gasteiger partial charge in [0, 0.05) is 32.8 Å². The number of fused-ring (bicyclic) bond motifs is 19. The number of hydrogen-bond acceptors (Lipinski definition) is 3. The third-order valence-electron chi connectivity index (χ3n) is 16.1. The van der Waals surface area contributed by atoms with E-state index in [2.05, 4.69) is 205 Å². The summed E-state index contributed by atoms with van der Waals surface area (Å²) in [4.78, 5) is 11.5. The summed E-state index contributed by atoms with van der Waals surface area (Å²) < 4.78 is 8.95. The first kappa shape index (κ1) is 39.6. The van der Waals surface area contributed by atoms with Crippen LogP contribution in [0.2, 0.25) is 0 Å². The van der Waals surface area contributed by atoms with Gasteiger partial charge in [0.15, 0.2) is 0 Å². The van der Waals surface area contributed by atoms with Crippen molar-refractivity contribution in [2.45, 2.75) is 49.9 Å². The second kappa shape index (κ2) is 15.3. The molecule has 1 unspecified atom stereocenters. The van der Waals surface area contributed by atoms with E-state index in [0.717, 1.165) is 82.8 Å². The molecule has 4 aliphatic rings. The van der Waals surface area contributed by atoms with Gasteiger partial charge in [-0.2, -0.15) is 0 Å².